The van der Waals surface area contributed by atoms with Gasteiger partial charge in [0.05, 0.1) is 29.9 Å². The van der Waals surface area contributed by atoms with E-state index in [9.17, 15) is 17.6 Å². The number of fused-ring (bicyclic) bond motifs is 6. The van der Waals surface area contributed by atoms with Crippen molar-refractivity contribution in [3.63, 3.8) is 0 Å². The fourth-order valence-electron chi connectivity index (χ4n) is 3.81. The third-order valence-electron chi connectivity index (χ3n) is 4.98. The summed E-state index contributed by atoms with van der Waals surface area (Å²) in [6.45, 7) is 0. The highest BCUT2D eigenvalue weighted by atomic mass is 19.4. The van der Waals surface area contributed by atoms with Crippen molar-refractivity contribution in [2.45, 2.75) is 6.18 Å². The number of H-pyrrole nitrogens is 1. The molecule has 0 fully saturated rings. The van der Waals surface area contributed by atoms with Crippen molar-refractivity contribution in [3.8, 4) is 17.0 Å². The number of benzene rings is 2. The molecule has 152 valence electrons. The second-order valence-electron chi connectivity index (χ2n) is 6.68. The summed E-state index contributed by atoms with van der Waals surface area (Å²) in [4.78, 5) is 8.71. The Kier molecular flexibility index (Phi) is 3.73. The van der Waals surface area contributed by atoms with Gasteiger partial charge in [0.15, 0.2) is 5.69 Å². The van der Waals surface area contributed by atoms with Crippen LogP contribution in [0, 0.1) is 5.82 Å². The summed E-state index contributed by atoms with van der Waals surface area (Å²) >= 11 is 0. The van der Waals surface area contributed by atoms with E-state index in [1.807, 2.05) is 5.21 Å². The number of aromatic nitrogens is 6. The van der Waals surface area contributed by atoms with Crippen molar-refractivity contribution in [3.05, 3.63) is 42.2 Å². The molecule has 30 heavy (non-hydrogen) atoms. The van der Waals surface area contributed by atoms with Crippen LogP contribution >= 0.6 is 0 Å². The zero-order valence-electron chi connectivity index (χ0n) is 15.5. The van der Waals surface area contributed by atoms with Crippen LogP contribution in [0.2, 0.25) is 0 Å². The SMILES string of the molecule is COc1cc(F)cc2c3c(-c4n[nH]nc4C(F)(F)F)ccnc3c3ncn(C)c3c12. The van der Waals surface area contributed by atoms with E-state index in [0.717, 1.165) is 0 Å². The first-order valence-electron chi connectivity index (χ1n) is 8.68. The molecular weight excluding hydrogens is 404 g/mol. The fraction of sp³-hybridized carbons (Fsp3) is 0.158. The summed E-state index contributed by atoms with van der Waals surface area (Å²) in [5.74, 6) is -0.375. The highest BCUT2D eigenvalue weighted by Gasteiger charge is 2.38. The van der Waals surface area contributed by atoms with Crippen molar-refractivity contribution in [1.82, 2.24) is 29.9 Å². The number of pyridine rings is 1. The standard InChI is InChI=1S/C19H12F4N6O/c1-29-7-25-16-15-12(10-5-8(20)6-11(30-2)13(10)17(16)29)9(3-4-24-15)14-18(19(21,22)23)27-28-26-14/h3-7H,1-2H3,(H,26,27,28). The molecule has 2 aromatic carbocycles. The maximum atomic E-state index is 14.4. The van der Waals surface area contributed by atoms with Crippen LogP contribution in [-0.4, -0.2) is 37.1 Å². The van der Waals surface area contributed by atoms with Crippen LogP contribution in [0.5, 0.6) is 5.75 Å². The average molecular weight is 416 g/mol. The first-order chi connectivity index (χ1) is 14.3. The van der Waals surface area contributed by atoms with Crippen LogP contribution in [0.4, 0.5) is 17.6 Å². The molecule has 0 amide bonds. The molecule has 0 saturated carbocycles. The molecule has 1 N–H and O–H groups in total. The predicted octanol–water partition coefficient (Wildman–Crippen LogP) is 4.23. The number of nitrogens with one attached hydrogen (secondary N) is 1. The molecule has 0 aliphatic rings. The maximum Gasteiger partial charge on any atom is 0.437 e. The molecule has 0 aliphatic heterocycles. The van der Waals surface area contributed by atoms with Gasteiger partial charge in [-0.15, -0.1) is 0 Å². The highest BCUT2D eigenvalue weighted by Crippen LogP contribution is 2.43. The van der Waals surface area contributed by atoms with Gasteiger partial charge < -0.3 is 9.30 Å². The number of rotatable bonds is 2. The number of ether oxygens (including phenoxy) is 1. The van der Waals surface area contributed by atoms with E-state index >= 15 is 0 Å². The lowest BCUT2D eigenvalue weighted by atomic mass is 9.96. The maximum absolute atomic E-state index is 14.4. The van der Waals surface area contributed by atoms with E-state index < -0.39 is 23.4 Å². The lowest BCUT2D eigenvalue weighted by Gasteiger charge is -2.14. The third kappa shape index (κ3) is 2.44. The molecule has 0 bridgehead atoms. The molecule has 5 rings (SSSR count). The lowest BCUT2D eigenvalue weighted by molar-refractivity contribution is -0.140. The molecule has 11 heteroatoms. The smallest absolute Gasteiger partial charge is 0.437 e. The Morgan fingerprint density at radius 2 is 1.87 bits per heavy atom. The zero-order valence-corrected chi connectivity index (χ0v) is 15.5. The minimum Gasteiger partial charge on any atom is -0.496 e. The van der Waals surface area contributed by atoms with Crippen LogP contribution in [0.3, 0.4) is 0 Å². The quantitative estimate of drug-likeness (QED) is 0.344. The Balaban J connectivity index is 2.06. The second-order valence-corrected chi connectivity index (χ2v) is 6.68. The zero-order chi connectivity index (χ0) is 21.2. The Morgan fingerprint density at radius 1 is 1.07 bits per heavy atom. The van der Waals surface area contributed by atoms with Gasteiger partial charge in [-0.2, -0.15) is 28.6 Å². The summed E-state index contributed by atoms with van der Waals surface area (Å²) in [6, 6.07) is 3.85. The van der Waals surface area contributed by atoms with Crippen molar-refractivity contribution >= 4 is 32.7 Å². The Labute approximate surface area is 165 Å². The van der Waals surface area contributed by atoms with E-state index in [4.69, 9.17) is 4.74 Å². The Bertz CT molecular complexity index is 1450. The predicted molar refractivity (Wildman–Crippen MR) is 100 cm³/mol. The van der Waals surface area contributed by atoms with E-state index in [1.165, 1.54) is 31.5 Å². The van der Waals surface area contributed by atoms with Crippen LogP contribution in [0.1, 0.15) is 5.69 Å². The van der Waals surface area contributed by atoms with Gasteiger partial charge in [-0.05, 0) is 12.1 Å². The van der Waals surface area contributed by atoms with Gasteiger partial charge in [-0.25, -0.2) is 9.37 Å². The number of nitrogens with zero attached hydrogens (tertiary/aromatic N) is 5. The van der Waals surface area contributed by atoms with Crippen molar-refractivity contribution < 1.29 is 22.3 Å². The van der Waals surface area contributed by atoms with Gasteiger partial charge in [0.1, 0.15) is 22.8 Å². The Hall–Kier alpha value is -3.76. The number of imidazole rings is 1. The molecule has 0 saturated heterocycles. The van der Waals surface area contributed by atoms with Crippen LogP contribution in [0.15, 0.2) is 30.7 Å². The molecule has 0 spiro atoms. The van der Waals surface area contributed by atoms with Crippen molar-refractivity contribution in [1.29, 1.82) is 0 Å². The summed E-state index contributed by atoms with van der Waals surface area (Å²) in [6.07, 6.45) is -1.81. The number of halogens is 4. The second kappa shape index (κ2) is 6.12. The first kappa shape index (κ1) is 18.3. The molecule has 0 unspecified atom stereocenters. The number of alkyl halides is 3. The van der Waals surface area contributed by atoms with Gasteiger partial charge >= 0.3 is 6.18 Å². The minimum absolute atomic E-state index is 0.103. The van der Waals surface area contributed by atoms with E-state index in [1.54, 1.807) is 17.9 Å². The third-order valence-corrected chi connectivity index (χ3v) is 4.98. The number of aryl methyl sites for hydroxylation is 1. The topological polar surface area (TPSA) is 81.5 Å². The van der Waals surface area contributed by atoms with Crippen LogP contribution in [0.25, 0.3) is 44.0 Å². The van der Waals surface area contributed by atoms with Crippen molar-refractivity contribution in [2.24, 2.45) is 7.05 Å². The monoisotopic (exact) mass is 416 g/mol. The van der Waals surface area contributed by atoms with E-state index in [0.29, 0.717) is 27.3 Å². The minimum atomic E-state index is -4.73. The molecular formula is C19H12F4N6O. The van der Waals surface area contributed by atoms with E-state index in [2.05, 4.69) is 20.2 Å². The molecule has 7 nitrogen and oxygen atoms in total. The lowest BCUT2D eigenvalue weighted by Crippen LogP contribution is -2.07. The number of hydrogen-bond acceptors (Lipinski definition) is 5. The number of aromatic amines is 1. The highest BCUT2D eigenvalue weighted by molar-refractivity contribution is 6.26. The normalized spacial score (nSPS) is 12.3. The summed E-state index contributed by atoms with van der Waals surface area (Å²) in [7, 11) is 3.15. The van der Waals surface area contributed by atoms with Crippen LogP contribution < -0.4 is 4.74 Å². The van der Waals surface area contributed by atoms with Crippen molar-refractivity contribution in [2.75, 3.05) is 7.11 Å². The molecule has 3 aromatic heterocycles. The Morgan fingerprint density at radius 3 is 2.60 bits per heavy atom. The molecule has 5 aromatic rings. The van der Waals surface area contributed by atoms with Gasteiger partial charge in [0.25, 0.3) is 0 Å². The van der Waals surface area contributed by atoms with Gasteiger partial charge in [-0.1, -0.05) is 0 Å². The van der Waals surface area contributed by atoms with Gasteiger partial charge in [0, 0.05) is 35.6 Å². The van der Waals surface area contributed by atoms with Crippen LogP contribution in [-0.2, 0) is 13.2 Å². The molecule has 0 aliphatic carbocycles. The largest absolute Gasteiger partial charge is 0.496 e. The van der Waals surface area contributed by atoms with Gasteiger partial charge in [-0.3, -0.25) is 4.98 Å². The molecule has 0 radical (unpaired) electrons. The fourth-order valence-corrected chi connectivity index (χ4v) is 3.81. The van der Waals surface area contributed by atoms with Gasteiger partial charge in [0.2, 0.25) is 0 Å². The summed E-state index contributed by atoms with van der Waals surface area (Å²) in [5, 5.41) is 10.1. The summed E-state index contributed by atoms with van der Waals surface area (Å²) in [5.41, 5.74) is -0.0907. The van der Waals surface area contributed by atoms with E-state index in [-0.39, 0.29) is 16.7 Å². The average Bonchev–Trinajstić information content (AvgIpc) is 3.34. The number of hydrogen-bond donors (Lipinski definition) is 1. The summed E-state index contributed by atoms with van der Waals surface area (Å²) < 4.78 is 62.0. The first-order valence-corrected chi connectivity index (χ1v) is 8.68. The number of methoxy groups -OCH3 is 1. The molecule has 0 atom stereocenters. The molecule has 3 heterocycles.